The first-order valence-corrected chi connectivity index (χ1v) is 7.76. The van der Waals surface area contributed by atoms with Crippen LogP contribution in [0.1, 0.15) is 6.92 Å². The summed E-state index contributed by atoms with van der Waals surface area (Å²) >= 11 is 5.63. The highest BCUT2D eigenvalue weighted by Crippen LogP contribution is 2.26. The highest BCUT2D eigenvalue weighted by atomic mass is 35.5. The number of benzene rings is 1. The molecular formula is C12H15ClN2O5S. The molecule has 116 valence electrons. The van der Waals surface area contributed by atoms with Gasteiger partial charge in [0.05, 0.1) is 23.0 Å². The van der Waals surface area contributed by atoms with Gasteiger partial charge >= 0.3 is 0 Å². The lowest BCUT2D eigenvalue weighted by Crippen LogP contribution is -2.27. The Kier molecular flexibility index (Phi) is 6.28. The van der Waals surface area contributed by atoms with Gasteiger partial charge in [-0.15, -0.1) is 0 Å². The molecule has 1 N–H and O–H groups in total. The van der Waals surface area contributed by atoms with Gasteiger partial charge in [-0.25, -0.2) is 13.1 Å². The van der Waals surface area contributed by atoms with E-state index in [9.17, 15) is 18.5 Å². The number of rotatable bonds is 8. The number of sulfonamides is 1. The first-order valence-electron chi connectivity index (χ1n) is 5.90. The molecule has 0 heterocycles. The quantitative estimate of drug-likeness (QED) is 0.340. The lowest BCUT2D eigenvalue weighted by atomic mass is 10.3. The van der Waals surface area contributed by atoms with Gasteiger partial charge in [0.1, 0.15) is 5.02 Å². The summed E-state index contributed by atoms with van der Waals surface area (Å²) in [6.07, 6.45) is 0. The molecule has 0 aliphatic heterocycles. The van der Waals surface area contributed by atoms with Gasteiger partial charge in [-0.05, 0) is 19.1 Å². The predicted molar refractivity (Wildman–Crippen MR) is 78.9 cm³/mol. The Balaban J connectivity index is 2.72. The number of nitro groups is 1. The van der Waals surface area contributed by atoms with Gasteiger partial charge in [-0.1, -0.05) is 23.8 Å². The van der Waals surface area contributed by atoms with Crippen molar-refractivity contribution in [1.82, 2.24) is 4.72 Å². The monoisotopic (exact) mass is 334 g/mol. The molecule has 0 amide bonds. The van der Waals surface area contributed by atoms with Crippen LogP contribution >= 0.6 is 11.6 Å². The largest absolute Gasteiger partial charge is 0.376 e. The maximum atomic E-state index is 12.0. The van der Waals surface area contributed by atoms with Gasteiger partial charge in [-0.3, -0.25) is 10.1 Å². The van der Waals surface area contributed by atoms with Crippen molar-refractivity contribution >= 4 is 27.3 Å². The second-order valence-corrected chi connectivity index (χ2v) is 6.45. The Labute approximate surface area is 127 Å². The van der Waals surface area contributed by atoms with Gasteiger partial charge in [0.25, 0.3) is 5.69 Å². The van der Waals surface area contributed by atoms with Gasteiger partial charge in [-0.2, -0.15) is 0 Å². The Hall–Kier alpha value is -1.48. The molecule has 0 aromatic heterocycles. The van der Waals surface area contributed by atoms with Gasteiger partial charge in [0, 0.05) is 12.6 Å². The first kappa shape index (κ1) is 17.6. The lowest BCUT2D eigenvalue weighted by Gasteiger charge is -2.08. The summed E-state index contributed by atoms with van der Waals surface area (Å²) in [6, 6.07) is 3.29. The van der Waals surface area contributed by atoms with Crippen molar-refractivity contribution in [2.45, 2.75) is 11.8 Å². The Morgan fingerprint density at radius 3 is 2.76 bits per heavy atom. The van der Waals surface area contributed by atoms with Crippen LogP contribution in [0.3, 0.4) is 0 Å². The minimum Gasteiger partial charge on any atom is -0.376 e. The fraction of sp³-hybridized carbons (Fsp3) is 0.333. The second kappa shape index (κ2) is 7.51. The van der Waals surface area contributed by atoms with Crippen LogP contribution in [0.25, 0.3) is 0 Å². The maximum absolute atomic E-state index is 12.0. The SMILES string of the molecule is C=C(C)COCCNS(=O)(=O)c1ccc(Cl)c([N+](=O)[O-])c1. The molecular weight excluding hydrogens is 320 g/mol. The summed E-state index contributed by atoms with van der Waals surface area (Å²) in [6.45, 7) is 5.99. The van der Waals surface area contributed by atoms with Crippen LogP contribution in [0.5, 0.6) is 0 Å². The van der Waals surface area contributed by atoms with Crippen LogP contribution in [-0.2, 0) is 14.8 Å². The van der Waals surface area contributed by atoms with E-state index in [0.29, 0.717) is 6.61 Å². The Morgan fingerprint density at radius 1 is 1.52 bits per heavy atom. The zero-order valence-corrected chi connectivity index (χ0v) is 12.9. The smallest absolute Gasteiger partial charge is 0.289 e. The topological polar surface area (TPSA) is 98.5 Å². The van der Waals surface area contributed by atoms with Crippen molar-refractivity contribution in [3.63, 3.8) is 0 Å². The van der Waals surface area contributed by atoms with Crippen molar-refractivity contribution in [3.8, 4) is 0 Å². The van der Waals surface area contributed by atoms with E-state index in [1.54, 1.807) is 6.92 Å². The number of hydrogen-bond acceptors (Lipinski definition) is 5. The minimum absolute atomic E-state index is 0.0477. The van der Waals surface area contributed by atoms with Gasteiger partial charge in [0.2, 0.25) is 10.0 Å². The molecule has 21 heavy (non-hydrogen) atoms. The van der Waals surface area contributed by atoms with Crippen LogP contribution in [0.15, 0.2) is 35.2 Å². The molecule has 0 bridgehead atoms. The van der Waals surface area contributed by atoms with E-state index < -0.39 is 20.6 Å². The van der Waals surface area contributed by atoms with E-state index in [2.05, 4.69) is 11.3 Å². The molecule has 1 rings (SSSR count). The van der Waals surface area contributed by atoms with Crippen molar-refractivity contribution in [2.24, 2.45) is 0 Å². The zero-order chi connectivity index (χ0) is 16.0. The van der Waals surface area contributed by atoms with E-state index in [1.165, 1.54) is 12.1 Å². The molecule has 0 saturated carbocycles. The Morgan fingerprint density at radius 2 is 2.19 bits per heavy atom. The summed E-state index contributed by atoms with van der Waals surface area (Å²) in [4.78, 5) is 9.78. The fourth-order valence-electron chi connectivity index (χ4n) is 1.38. The average molecular weight is 335 g/mol. The van der Waals surface area contributed by atoms with E-state index in [4.69, 9.17) is 16.3 Å². The fourth-order valence-corrected chi connectivity index (χ4v) is 2.60. The molecule has 1 aromatic rings. The lowest BCUT2D eigenvalue weighted by molar-refractivity contribution is -0.384. The van der Waals surface area contributed by atoms with Gasteiger partial charge in [0.15, 0.2) is 0 Å². The molecule has 0 aliphatic carbocycles. The molecule has 0 atom stereocenters. The number of nitrogens with zero attached hydrogens (tertiary/aromatic N) is 1. The van der Waals surface area contributed by atoms with Crippen LogP contribution in [0.2, 0.25) is 5.02 Å². The number of halogens is 1. The third kappa shape index (κ3) is 5.43. The number of hydrogen-bond donors (Lipinski definition) is 1. The van der Waals surface area contributed by atoms with E-state index >= 15 is 0 Å². The molecule has 0 saturated heterocycles. The van der Waals surface area contributed by atoms with Crippen molar-refractivity contribution in [1.29, 1.82) is 0 Å². The average Bonchev–Trinajstić information content (AvgIpc) is 2.37. The van der Waals surface area contributed by atoms with E-state index in [1.807, 2.05) is 0 Å². The number of nitro benzene ring substituents is 1. The molecule has 9 heteroatoms. The zero-order valence-electron chi connectivity index (χ0n) is 11.3. The van der Waals surface area contributed by atoms with Crippen molar-refractivity contribution in [2.75, 3.05) is 19.8 Å². The standard InChI is InChI=1S/C12H15ClN2O5S/c1-9(2)8-20-6-5-14-21(18,19)10-3-4-11(13)12(7-10)15(16)17/h3-4,7,14H,1,5-6,8H2,2H3. The molecule has 0 fully saturated rings. The highest BCUT2D eigenvalue weighted by Gasteiger charge is 2.20. The molecule has 7 nitrogen and oxygen atoms in total. The summed E-state index contributed by atoms with van der Waals surface area (Å²) in [5, 5.41) is 10.6. The first-order chi connectivity index (χ1) is 9.74. The number of ether oxygens (including phenoxy) is 1. The van der Waals surface area contributed by atoms with Crippen LogP contribution in [0, 0.1) is 10.1 Å². The normalized spacial score (nSPS) is 11.3. The van der Waals surface area contributed by atoms with E-state index in [-0.39, 0.29) is 23.1 Å². The minimum atomic E-state index is -3.85. The van der Waals surface area contributed by atoms with Crippen molar-refractivity contribution in [3.05, 3.63) is 45.5 Å². The summed E-state index contributed by atoms with van der Waals surface area (Å²) in [5.74, 6) is 0. The molecule has 1 aromatic carbocycles. The predicted octanol–water partition coefficient (Wildman–Crippen LogP) is 2.12. The molecule has 0 unspecified atom stereocenters. The number of nitrogens with one attached hydrogen (secondary N) is 1. The van der Waals surface area contributed by atoms with Crippen molar-refractivity contribution < 1.29 is 18.1 Å². The molecule has 0 spiro atoms. The summed E-state index contributed by atoms with van der Waals surface area (Å²) in [5.41, 5.74) is 0.365. The third-order valence-electron chi connectivity index (χ3n) is 2.31. The maximum Gasteiger partial charge on any atom is 0.289 e. The van der Waals surface area contributed by atoms with Gasteiger partial charge < -0.3 is 4.74 Å². The molecule has 0 radical (unpaired) electrons. The summed E-state index contributed by atoms with van der Waals surface area (Å²) in [7, 11) is -3.85. The Bertz CT molecular complexity index is 645. The van der Waals surface area contributed by atoms with Crippen LogP contribution in [0.4, 0.5) is 5.69 Å². The second-order valence-electron chi connectivity index (χ2n) is 4.28. The molecule has 0 aliphatic rings. The van der Waals surface area contributed by atoms with Crippen LogP contribution < -0.4 is 4.72 Å². The third-order valence-corrected chi connectivity index (χ3v) is 4.09. The van der Waals surface area contributed by atoms with E-state index in [0.717, 1.165) is 11.6 Å². The highest BCUT2D eigenvalue weighted by molar-refractivity contribution is 7.89. The summed E-state index contributed by atoms with van der Waals surface area (Å²) < 4.78 is 31.4. The van der Waals surface area contributed by atoms with Crippen LogP contribution in [-0.4, -0.2) is 33.1 Å².